The summed E-state index contributed by atoms with van der Waals surface area (Å²) in [6.07, 6.45) is 6.33. The SMILES string of the molecule is C=C(/C=C\C=C/N)N(CCC(=O)OCC)C(=O)c1ccc(NC)c(N)c1. The molecule has 0 saturated heterocycles. The number of hydrogen-bond acceptors (Lipinski definition) is 6. The average molecular weight is 358 g/mol. The van der Waals surface area contributed by atoms with Crippen molar-refractivity contribution in [2.75, 3.05) is 31.2 Å². The number of nitrogens with zero attached hydrogens (tertiary/aromatic N) is 1. The van der Waals surface area contributed by atoms with Gasteiger partial charge in [0.1, 0.15) is 0 Å². The topological polar surface area (TPSA) is 111 Å². The van der Waals surface area contributed by atoms with Crippen LogP contribution in [0.25, 0.3) is 0 Å². The van der Waals surface area contributed by atoms with Crippen LogP contribution < -0.4 is 16.8 Å². The zero-order valence-electron chi connectivity index (χ0n) is 15.2. The Hall–Kier alpha value is -3.22. The number of carbonyl (C=O) groups is 2. The predicted octanol–water partition coefficient (Wildman–Crippen LogP) is 2.25. The van der Waals surface area contributed by atoms with E-state index >= 15 is 0 Å². The number of ether oxygens (including phenoxy) is 1. The van der Waals surface area contributed by atoms with Gasteiger partial charge in [0.2, 0.25) is 0 Å². The van der Waals surface area contributed by atoms with Crippen molar-refractivity contribution in [3.8, 4) is 0 Å². The van der Waals surface area contributed by atoms with Crippen LogP contribution in [0.15, 0.2) is 54.9 Å². The lowest BCUT2D eigenvalue weighted by molar-refractivity contribution is -0.143. The van der Waals surface area contributed by atoms with E-state index in [2.05, 4.69) is 11.9 Å². The molecule has 0 aliphatic heterocycles. The van der Waals surface area contributed by atoms with Gasteiger partial charge in [0, 0.05) is 24.9 Å². The molecule has 7 nitrogen and oxygen atoms in total. The number of amides is 1. The van der Waals surface area contributed by atoms with Gasteiger partial charge in [-0.25, -0.2) is 0 Å². The van der Waals surface area contributed by atoms with Gasteiger partial charge in [0.15, 0.2) is 0 Å². The van der Waals surface area contributed by atoms with Crippen LogP contribution in [-0.4, -0.2) is 37.0 Å². The molecule has 5 N–H and O–H groups in total. The fourth-order valence-corrected chi connectivity index (χ4v) is 2.21. The molecule has 0 aliphatic carbocycles. The highest BCUT2D eigenvalue weighted by Gasteiger charge is 2.19. The molecule has 26 heavy (non-hydrogen) atoms. The standard InChI is InChI=1S/C19H26N4O3/c1-4-26-18(24)10-12-23(14(2)7-5-6-11-20)19(25)15-8-9-17(22-3)16(21)13-15/h5-9,11,13,22H,2,4,10,12,20-21H2,1,3H3/b7-5-,11-6-. The molecule has 0 heterocycles. The molecule has 0 aromatic heterocycles. The summed E-state index contributed by atoms with van der Waals surface area (Å²) in [5.41, 5.74) is 13.2. The maximum Gasteiger partial charge on any atom is 0.307 e. The molecule has 1 aromatic rings. The van der Waals surface area contributed by atoms with Crippen molar-refractivity contribution in [2.45, 2.75) is 13.3 Å². The van der Waals surface area contributed by atoms with E-state index in [9.17, 15) is 9.59 Å². The summed E-state index contributed by atoms with van der Waals surface area (Å²) in [5.74, 6) is -0.691. The minimum atomic E-state index is -0.381. The number of carbonyl (C=O) groups excluding carboxylic acids is 2. The van der Waals surface area contributed by atoms with Crippen LogP contribution in [0.1, 0.15) is 23.7 Å². The van der Waals surface area contributed by atoms with Crippen LogP contribution in [0.5, 0.6) is 0 Å². The predicted molar refractivity (Wildman–Crippen MR) is 104 cm³/mol. The zero-order valence-corrected chi connectivity index (χ0v) is 15.2. The monoisotopic (exact) mass is 358 g/mol. The van der Waals surface area contributed by atoms with E-state index < -0.39 is 0 Å². The van der Waals surface area contributed by atoms with E-state index in [1.165, 1.54) is 11.1 Å². The molecule has 0 atom stereocenters. The molecule has 140 valence electrons. The number of nitrogen functional groups attached to an aromatic ring is 1. The summed E-state index contributed by atoms with van der Waals surface area (Å²) in [6, 6.07) is 4.98. The first kappa shape index (κ1) is 20.8. The highest BCUT2D eigenvalue weighted by molar-refractivity contribution is 5.97. The van der Waals surface area contributed by atoms with Gasteiger partial charge in [-0.3, -0.25) is 9.59 Å². The quantitative estimate of drug-likeness (QED) is 0.355. The lowest BCUT2D eigenvalue weighted by Gasteiger charge is -2.23. The van der Waals surface area contributed by atoms with Crippen LogP contribution in [0.4, 0.5) is 11.4 Å². The number of nitrogens with two attached hydrogens (primary N) is 2. The van der Waals surface area contributed by atoms with E-state index in [4.69, 9.17) is 16.2 Å². The van der Waals surface area contributed by atoms with Crippen molar-refractivity contribution in [2.24, 2.45) is 5.73 Å². The van der Waals surface area contributed by atoms with Gasteiger partial charge in [-0.2, -0.15) is 0 Å². The second-order valence-corrected chi connectivity index (χ2v) is 5.30. The van der Waals surface area contributed by atoms with Gasteiger partial charge < -0.3 is 26.4 Å². The van der Waals surface area contributed by atoms with Crippen molar-refractivity contribution >= 4 is 23.3 Å². The first-order valence-electron chi connectivity index (χ1n) is 8.23. The highest BCUT2D eigenvalue weighted by Crippen LogP contribution is 2.21. The van der Waals surface area contributed by atoms with Crippen molar-refractivity contribution in [3.63, 3.8) is 0 Å². The van der Waals surface area contributed by atoms with E-state index in [0.29, 0.717) is 16.9 Å². The number of allylic oxidation sites excluding steroid dienone is 3. The van der Waals surface area contributed by atoms with E-state index in [-0.39, 0.29) is 31.4 Å². The molecule has 0 fully saturated rings. The summed E-state index contributed by atoms with van der Waals surface area (Å²) in [5, 5.41) is 2.94. The lowest BCUT2D eigenvalue weighted by atomic mass is 10.1. The molecule has 0 saturated carbocycles. The third-order valence-corrected chi connectivity index (χ3v) is 3.52. The normalized spacial score (nSPS) is 10.8. The van der Waals surface area contributed by atoms with Gasteiger partial charge in [-0.05, 0) is 43.5 Å². The van der Waals surface area contributed by atoms with Gasteiger partial charge in [0.25, 0.3) is 5.91 Å². The smallest absolute Gasteiger partial charge is 0.307 e. The van der Waals surface area contributed by atoms with Crippen LogP contribution in [0.2, 0.25) is 0 Å². The second-order valence-electron chi connectivity index (χ2n) is 5.30. The van der Waals surface area contributed by atoms with E-state index in [0.717, 1.165) is 5.69 Å². The minimum Gasteiger partial charge on any atom is -0.466 e. The molecule has 7 heteroatoms. The summed E-state index contributed by atoms with van der Waals surface area (Å²) in [6.45, 7) is 6.06. The van der Waals surface area contributed by atoms with Crippen molar-refractivity contribution in [1.29, 1.82) is 0 Å². The van der Waals surface area contributed by atoms with E-state index in [1.807, 2.05) is 0 Å². The van der Waals surface area contributed by atoms with Gasteiger partial charge in [-0.1, -0.05) is 12.7 Å². The molecule has 0 bridgehead atoms. The molecule has 0 aliphatic rings. The molecular formula is C19H26N4O3. The van der Waals surface area contributed by atoms with Crippen LogP contribution in [0, 0.1) is 0 Å². The Labute approximate surface area is 154 Å². The molecular weight excluding hydrogens is 332 g/mol. The molecule has 1 rings (SSSR count). The van der Waals surface area contributed by atoms with E-state index in [1.54, 1.807) is 50.4 Å². The van der Waals surface area contributed by atoms with Crippen LogP contribution >= 0.6 is 0 Å². The van der Waals surface area contributed by atoms with Gasteiger partial charge >= 0.3 is 5.97 Å². The molecule has 0 spiro atoms. The van der Waals surface area contributed by atoms with Crippen molar-refractivity contribution < 1.29 is 14.3 Å². The first-order chi connectivity index (χ1) is 12.4. The number of nitrogens with one attached hydrogen (secondary N) is 1. The Morgan fingerprint density at radius 3 is 2.65 bits per heavy atom. The largest absolute Gasteiger partial charge is 0.466 e. The van der Waals surface area contributed by atoms with Gasteiger partial charge in [0.05, 0.1) is 24.4 Å². The Kier molecular flexibility index (Phi) is 8.49. The molecule has 1 amide bonds. The minimum absolute atomic E-state index is 0.0588. The maximum atomic E-state index is 12.9. The van der Waals surface area contributed by atoms with Crippen LogP contribution in [0.3, 0.4) is 0 Å². The first-order valence-corrected chi connectivity index (χ1v) is 8.23. The highest BCUT2D eigenvalue weighted by atomic mass is 16.5. The van der Waals surface area contributed by atoms with Crippen molar-refractivity contribution in [3.05, 3.63) is 60.5 Å². The summed E-state index contributed by atoms with van der Waals surface area (Å²) < 4.78 is 4.92. The fraction of sp³-hybridized carbons (Fsp3) is 0.263. The molecule has 0 unspecified atom stereocenters. The summed E-state index contributed by atoms with van der Waals surface area (Å²) >= 11 is 0. The number of rotatable bonds is 9. The van der Waals surface area contributed by atoms with Crippen molar-refractivity contribution in [1.82, 2.24) is 4.90 Å². The fourth-order valence-electron chi connectivity index (χ4n) is 2.21. The maximum absolute atomic E-state index is 12.9. The number of hydrogen-bond donors (Lipinski definition) is 3. The summed E-state index contributed by atoms with van der Waals surface area (Å²) in [7, 11) is 1.75. The second kappa shape index (κ2) is 10.6. The third kappa shape index (κ3) is 6.01. The molecule has 1 aromatic carbocycles. The number of esters is 1. The Balaban J connectivity index is 3.04. The molecule has 0 radical (unpaired) electrons. The average Bonchev–Trinajstić information content (AvgIpc) is 2.62. The lowest BCUT2D eigenvalue weighted by Crippen LogP contribution is -2.32. The van der Waals surface area contributed by atoms with Crippen LogP contribution in [-0.2, 0) is 9.53 Å². The Morgan fingerprint density at radius 2 is 2.08 bits per heavy atom. The third-order valence-electron chi connectivity index (χ3n) is 3.52. The zero-order chi connectivity index (χ0) is 19.5. The Bertz CT molecular complexity index is 711. The summed E-state index contributed by atoms with van der Waals surface area (Å²) in [4.78, 5) is 26.0. The van der Waals surface area contributed by atoms with Gasteiger partial charge in [-0.15, -0.1) is 0 Å². The number of benzene rings is 1. The Morgan fingerprint density at radius 1 is 1.35 bits per heavy atom. The number of anilines is 2.